The molecular formula is C48H80O40. The molecule has 88 heavy (non-hydrogen) atoms. The molecule has 0 aromatic heterocycles. The van der Waals surface area contributed by atoms with Gasteiger partial charge >= 0.3 is 0 Å². The van der Waals surface area contributed by atoms with Crippen LogP contribution >= 0.6 is 0 Å². The third kappa shape index (κ3) is 13.8. The monoisotopic (exact) mass is 1300 g/mol. The third-order valence-electron chi connectivity index (χ3n) is 16.9. The van der Waals surface area contributed by atoms with Crippen LogP contribution in [0.15, 0.2) is 0 Å². The van der Waals surface area contributed by atoms with Gasteiger partial charge in [-0.2, -0.15) is 0 Å². The van der Waals surface area contributed by atoms with E-state index in [2.05, 4.69) is 0 Å². The lowest BCUT2D eigenvalue weighted by Gasteiger charge is -2.50. The summed E-state index contributed by atoms with van der Waals surface area (Å²) in [4.78, 5) is 0. The average molecular weight is 1300 g/mol. The normalized spacial score (nSPS) is 55.4. The summed E-state index contributed by atoms with van der Waals surface area (Å²) in [5, 5.41) is 265. The van der Waals surface area contributed by atoms with Gasteiger partial charge in [0.05, 0.1) is 52.9 Å². The topological polar surface area (TPSA) is 633 Å². The van der Waals surface area contributed by atoms with Gasteiger partial charge in [0.15, 0.2) is 50.3 Å². The number of hydrogen-bond donors (Lipinski definition) is 24. The summed E-state index contributed by atoms with van der Waals surface area (Å²) in [6.07, 6.45) is -82.0. The molecule has 0 amide bonds. The van der Waals surface area contributed by atoms with Crippen LogP contribution in [0.1, 0.15) is 0 Å². The van der Waals surface area contributed by atoms with Gasteiger partial charge in [-0.05, 0) is 0 Å². The lowest BCUT2D eigenvalue weighted by molar-refractivity contribution is -0.404. The molecule has 30 saturated heterocycles. The van der Waals surface area contributed by atoms with Crippen LogP contribution in [-0.2, 0) is 75.8 Å². The van der Waals surface area contributed by atoms with Crippen LogP contribution in [0.5, 0.6) is 0 Å². The van der Waals surface area contributed by atoms with Crippen molar-refractivity contribution < 1.29 is 198 Å². The number of aliphatic hydroxyl groups is 24. The Morgan fingerprint density at radius 3 is 0.307 bits per heavy atom. The smallest absolute Gasteiger partial charge is 0.187 e. The summed E-state index contributed by atoms with van der Waals surface area (Å²) >= 11 is 0. The summed E-state index contributed by atoms with van der Waals surface area (Å²) in [5.41, 5.74) is 0. The van der Waals surface area contributed by atoms with Crippen molar-refractivity contribution in [2.24, 2.45) is 0 Å². The Hall–Kier alpha value is -1.60. The standard InChI is InChI=1S/C48H80O40/c49-1-9-33-17(57)25(65)41(73-9)82-34-10(2-50)75-43(27(67)19(34)59)84-36-12(4-52)77-45(29(69)21(36)61)86-38-14(6-54)79-47(31(71)23(38)63)88-40-16(8-56)80-48(32(72)24(40)64)87-39-15(7-55)78-46(30(70)22(39)62)85-37-13(5-53)76-44(28(68)20(37)60)83-35-11(3-51)74-42(81-33)26(66)18(35)58/h9-72H,1-8H2/t9?,10?,11?,12?,13?,14?,15?,16?,17?,18?,19?,20?,21?,22?,23?,24?,25?,26?,27?,28?,29?,30?,31?,32?,33-,34-,35-,36-,37-,38-,39-,40-,41-,42-,43-,44-,45-,46-,47-,48-/m0/s1. The highest BCUT2D eigenvalue weighted by Gasteiger charge is 2.60. The Morgan fingerprint density at radius 1 is 0.136 bits per heavy atom. The molecule has 24 unspecified atom stereocenters. The third-order valence-corrected chi connectivity index (χ3v) is 16.9. The highest BCUT2D eigenvalue weighted by Crippen LogP contribution is 2.40. The van der Waals surface area contributed by atoms with Gasteiger partial charge in [0, 0.05) is 0 Å². The van der Waals surface area contributed by atoms with Crippen molar-refractivity contribution in [3.63, 3.8) is 0 Å². The van der Waals surface area contributed by atoms with E-state index in [0.29, 0.717) is 0 Å². The van der Waals surface area contributed by atoms with E-state index in [0.717, 1.165) is 0 Å². The highest BCUT2D eigenvalue weighted by molar-refractivity contribution is 5.02. The van der Waals surface area contributed by atoms with Crippen molar-refractivity contribution in [1.29, 1.82) is 0 Å². The molecule has 0 aromatic carbocycles. The molecule has 16 bridgehead atoms. The van der Waals surface area contributed by atoms with Crippen molar-refractivity contribution in [2.75, 3.05) is 52.9 Å². The minimum Gasteiger partial charge on any atom is -0.394 e. The Bertz CT molecular complexity index is 1700. The zero-order valence-electron chi connectivity index (χ0n) is 46.0. The molecule has 40 heteroatoms. The summed E-state index contributed by atoms with van der Waals surface area (Å²) in [5.74, 6) is 0. The zero-order valence-corrected chi connectivity index (χ0v) is 46.0. The summed E-state index contributed by atoms with van der Waals surface area (Å²) in [7, 11) is 0. The largest absolute Gasteiger partial charge is 0.394 e. The van der Waals surface area contributed by atoms with E-state index in [9.17, 15) is 123 Å². The van der Waals surface area contributed by atoms with Crippen LogP contribution in [0.4, 0.5) is 0 Å². The van der Waals surface area contributed by atoms with Crippen molar-refractivity contribution in [2.45, 2.75) is 246 Å². The van der Waals surface area contributed by atoms with Gasteiger partial charge in [-0.1, -0.05) is 0 Å². The van der Waals surface area contributed by atoms with Crippen molar-refractivity contribution in [1.82, 2.24) is 0 Å². The van der Waals surface area contributed by atoms with Gasteiger partial charge in [0.1, 0.15) is 195 Å². The van der Waals surface area contributed by atoms with E-state index in [-0.39, 0.29) is 0 Å². The molecule has 40 atom stereocenters. The first kappa shape index (κ1) is 70.7. The molecule has 30 heterocycles. The number of ether oxygens (including phenoxy) is 16. The minimum absolute atomic E-state index is 1.08. The van der Waals surface area contributed by atoms with E-state index >= 15 is 0 Å². The molecule has 30 fully saturated rings. The fourth-order valence-corrected chi connectivity index (χ4v) is 11.9. The molecule has 0 spiro atoms. The van der Waals surface area contributed by atoms with Gasteiger partial charge in [0.2, 0.25) is 0 Å². The van der Waals surface area contributed by atoms with Crippen LogP contribution in [-0.4, -0.2) is 421 Å². The predicted octanol–water partition coefficient (Wildman–Crippen LogP) is -17.4. The van der Waals surface area contributed by atoms with E-state index < -0.39 is 299 Å². The molecule has 30 aliphatic rings. The molecule has 512 valence electrons. The SMILES string of the molecule is OCC1O[C@H]2O[C@H]3C(CO)O[C@@H](O[C@H]4C(CO)O[C@@H](O[C@H]5C(CO)O[C@@H](O[C@H]6C(CO)O[C@@H](O[C@H]7C(CO)O[C@@H](O[C@H]8C(CO)O[C@@H](O[C@H]9C(CO)O[C@@H](O[C@@H]1C(O)C2O)C(O)C9O)C(O)C8O)C(O)C7O)C(O)C6O)C(O)C5O)C(O)C4O)C(O)C3O. The van der Waals surface area contributed by atoms with Crippen LogP contribution in [0.3, 0.4) is 0 Å². The summed E-state index contributed by atoms with van der Waals surface area (Å²) < 4.78 is 91.1. The first-order chi connectivity index (χ1) is 41.9. The van der Waals surface area contributed by atoms with Gasteiger partial charge < -0.3 is 198 Å². The quantitative estimate of drug-likeness (QED) is 0.107. The molecule has 0 aromatic rings. The molecular weight excluding hydrogens is 1220 g/mol. The number of rotatable bonds is 8. The highest BCUT2D eigenvalue weighted by atomic mass is 16.8. The van der Waals surface area contributed by atoms with Crippen LogP contribution in [0.2, 0.25) is 0 Å². The fourth-order valence-electron chi connectivity index (χ4n) is 11.9. The van der Waals surface area contributed by atoms with Gasteiger partial charge in [-0.25, -0.2) is 0 Å². The molecule has 30 aliphatic heterocycles. The second-order valence-electron chi connectivity index (χ2n) is 22.5. The second kappa shape index (κ2) is 30.0. The molecule has 24 N–H and O–H groups in total. The first-order valence-corrected chi connectivity index (χ1v) is 28.1. The maximum atomic E-state index is 11.4. The molecule has 30 rings (SSSR count). The number of hydrogen-bond acceptors (Lipinski definition) is 40. The second-order valence-corrected chi connectivity index (χ2v) is 22.5. The van der Waals surface area contributed by atoms with Crippen molar-refractivity contribution in [3.05, 3.63) is 0 Å². The molecule has 0 aliphatic carbocycles. The molecule has 40 nitrogen and oxygen atoms in total. The zero-order chi connectivity index (χ0) is 64.1. The van der Waals surface area contributed by atoms with E-state index in [1.165, 1.54) is 0 Å². The minimum atomic E-state index is -2.25. The predicted molar refractivity (Wildman–Crippen MR) is 261 cm³/mol. The summed E-state index contributed by atoms with van der Waals surface area (Å²) in [6.45, 7) is -8.64. The van der Waals surface area contributed by atoms with E-state index in [1.807, 2.05) is 0 Å². The number of aliphatic hydroxyl groups excluding tert-OH is 24. The fraction of sp³-hybridized carbons (Fsp3) is 1.00. The Kier molecular flexibility index (Phi) is 24.1. The van der Waals surface area contributed by atoms with Crippen molar-refractivity contribution in [3.8, 4) is 0 Å². The van der Waals surface area contributed by atoms with E-state index in [1.54, 1.807) is 0 Å². The Balaban J connectivity index is 0.975. The van der Waals surface area contributed by atoms with Crippen LogP contribution in [0, 0.1) is 0 Å². The Labute approximate surface area is 496 Å². The first-order valence-electron chi connectivity index (χ1n) is 28.1. The van der Waals surface area contributed by atoms with Gasteiger partial charge in [-0.15, -0.1) is 0 Å². The maximum absolute atomic E-state index is 11.4. The summed E-state index contributed by atoms with van der Waals surface area (Å²) in [6, 6.07) is 0. The van der Waals surface area contributed by atoms with Crippen LogP contribution in [0.25, 0.3) is 0 Å². The van der Waals surface area contributed by atoms with Gasteiger partial charge in [-0.3, -0.25) is 0 Å². The molecule has 0 saturated carbocycles. The maximum Gasteiger partial charge on any atom is 0.187 e. The Morgan fingerprint density at radius 2 is 0.227 bits per heavy atom. The van der Waals surface area contributed by atoms with Crippen molar-refractivity contribution >= 4 is 0 Å². The lowest BCUT2D eigenvalue weighted by Crippen LogP contribution is -2.69. The van der Waals surface area contributed by atoms with Crippen LogP contribution < -0.4 is 0 Å². The molecule has 0 radical (unpaired) electrons. The van der Waals surface area contributed by atoms with Gasteiger partial charge in [0.25, 0.3) is 0 Å². The lowest BCUT2D eigenvalue weighted by atomic mass is 9.94. The average Bonchev–Trinajstić information content (AvgIpc) is 0.985. The van der Waals surface area contributed by atoms with E-state index in [4.69, 9.17) is 75.8 Å².